The molecule has 9 nitrogen and oxygen atoms in total. The van der Waals surface area contributed by atoms with Crippen LogP contribution in [-0.4, -0.2) is 79.6 Å². The highest BCUT2D eigenvalue weighted by molar-refractivity contribution is 7.72. The van der Waals surface area contributed by atoms with Gasteiger partial charge in [0, 0.05) is 37.1 Å². The van der Waals surface area contributed by atoms with Crippen LogP contribution < -0.4 is 5.43 Å². The number of rotatable bonds is 11. The maximum Gasteiger partial charge on any atom is 0.516 e. The minimum absolute atomic E-state index is 0.0496. The largest absolute Gasteiger partial charge is 0.516 e. The number of aryl methyl sites for hydroxylation is 1. The van der Waals surface area contributed by atoms with Gasteiger partial charge in [0.2, 0.25) is 0 Å². The van der Waals surface area contributed by atoms with Crippen molar-refractivity contribution >= 4 is 25.3 Å². The maximum absolute atomic E-state index is 12.7. The molecule has 0 bridgehead atoms. The van der Waals surface area contributed by atoms with Gasteiger partial charge in [-0.15, -0.1) is 13.2 Å². The molecule has 1 fully saturated rings. The van der Waals surface area contributed by atoms with Crippen LogP contribution in [0.3, 0.4) is 0 Å². The zero-order chi connectivity index (χ0) is 32.3. The molecule has 1 aromatic heterocycles. The van der Waals surface area contributed by atoms with Gasteiger partial charge >= 0.3 is 12.1 Å². The number of esters is 1. The van der Waals surface area contributed by atoms with E-state index in [9.17, 15) is 19.5 Å². The van der Waals surface area contributed by atoms with Crippen LogP contribution in [0.4, 0.5) is 4.79 Å². The Bertz CT molecular complexity index is 1600. The molecule has 1 saturated heterocycles. The minimum atomic E-state index is -1.29. The molecule has 0 amide bonds. The van der Waals surface area contributed by atoms with E-state index in [0.717, 1.165) is 28.4 Å². The molecule has 1 unspecified atom stereocenters. The van der Waals surface area contributed by atoms with E-state index in [4.69, 9.17) is 18.9 Å². The molecule has 45 heavy (non-hydrogen) atoms. The Morgan fingerprint density at radius 1 is 1.07 bits per heavy atom. The van der Waals surface area contributed by atoms with Crippen molar-refractivity contribution in [3.8, 4) is 11.1 Å². The summed E-state index contributed by atoms with van der Waals surface area (Å²) in [5.74, 6) is -1.52. The Balaban J connectivity index is 1.16. The van der Waals surface area contributed by atoms with Crippen LogP contribution in [-0.2, 0) is 30.2 Å². The molecular formula is C35H42NO8P. The third-order valence-electron chi connectivity index (χ3n) is 8.68. The van der Waals surface area contributed by atoms with E-state index in [1.807, 2.05) is 48.5 Å². The van der Waals surface area contributed by atoms with Gasteiger partial charge in [0.15, 0.2) is 11.7 Å². The molecule has 5 rings (SSSR count). The van der Waals surface area contributed by atoms with Crippen LogP contribution in [0.5, 0.6) is 0 Å². The Hall–Kier alpha value is -3.49. The number of carbonyl (C=O) groups excluding carboxylic acids is 2. The van der Waals surface area contributed by atoms with Crippen molar-refractivity contribution in [2.24, 2.45) is 5.92 Å². The zero-order valence-corrected chi connectivity index (χ0v) is 27.2. The van der Waals surface area contributed by atoms with Gasteiger partial charge in [-0.3, -0.25) is 9.59 Å². The van der Waals surface area contributed by atoms with E-state index in [0.29, 0.717) is 12.0 Å². The SMILES string of the molecule is C=P(C)(C)CC[C@H]1O[C@@H](n2ccc(=O)c(CCC(C)C(=O)OC(=O)OCC3c4ccccc4-c4ccccc43)c2)[C@H](OC)[C@@H]1O. The van der Waals surface area contributed by atoms with Gasteiger partial charge in [0.05, 0.1) is 12.0 Å². The number of ether oxygens (including phenoxy) is 4. The average molecular weight is 636 g/mol. The fourth-order valence-corrected chi connectivity index (χ4v) is 7.07. The Morgan fingerprint density at radius 2 is 1.71 bits per heavy atom. The number of aliphatic hydroxyl groups is 1. The number of benzene rings is 2. The van der Waals surface area contributed by atoms with Crippen molar-refractivity contribution < 1.29 is 33.6 Å². The van der Waals surface area contributed by atoms with Crippen LogP contribution in [0.25, 0.3) is 11.1 Å². The van der Waals surface area contributed by atoms with Crippen molar-refractivity contribution in [3.05, 3.63) is 93.9 Å². The first-order chi connectivity index (χ1) is 21.5. The number of methoxy groups -OCH3 is 1. The molecule has 1 N–H and O–H groups in total. The summed E-state index contributed by atoms with van der Waals surface area (Å²) in [5.41, 5.74) is 4.62. The molecule has 240 valence electrons. The molecule has 0 radical (unpaired) electrons. The first-order valence-corrected chi connectivity index (χ1v) is 18.3. The number of hydrogen-bond acceptors (Lipinski definition) is 8. The monoisotopic (exact) mass is 635 g/mol. The molecule has 2 aliphatic rings. The molecule has 0 spiro atoms. The van der Waals surface area contributed by atoms with Crippen LogP contribution in [0.2, 0.25) is 0 Å². The normalized spacial score (nSPS) is 21.6. The number of fused-ring (bicyclic) bond motifs is 3. The summed E-state index contributed by atoms with van der Waals surface area (Å²) >= 11 is 0. The second-order valence-corrected chi connectivity index (χ2v) is 17.0. The van der Waals surface area contributed by atoms with Gasteiger partial charge in [-0.05, 0) is 61.0 Å². The molecule has 1 aliphatic carbocycles. The van der Waals surface area contributed by atoms with E-state index in [1.54, 1.807) is 23.9 Å². The number of aromatic nitrogens is 1. The fourth-order valence-electron chi connectivity index (χ4n) is 6.11. The van der Waals surface area contributed by atoms with Crippen LogP contribution >= 0.6 is 6.89 Å². The second-order valence-electron chi connectivity index (χ2n) is 12.6. The third kappa shape index (κ3) is 7.50. The van der Waals surface area contributed by atoms with Crippen molar-refractivity contribution in [3.63, 3.8) is 0 Å². The van der Waals surface area contributed by atoms with Crippen molar-refractivity contribution in [1.29, 1.82) is 0 Å². The molecule has 1 aliphatic heterocycles. The zero-order valence-electron chi connectivity index (χ0n) is 26.3. The summed E-state index contributed by atoms with van der Waals surface area (Å²) in [6.45, 7) is 4.69. The van der Waals surface area contributed by atoms with E-state index in [2.05, 4.69) is 19.6 Å². The minimum Gasteiger partial charge on any atom is -0.433 e. The highest BCUT2D eigenvalue weighted by Crippen LogP contribution is 2.44. The predicted molar refractivity (Wildman–Crippen MR) is 175 cm³/mol. The lowest BCUT2D eigenvalue weighted by Crippen LogP contribution is -2.34. The molecule has 0 saturated carbocycles. The van der Waals surface area contributed by atoms with Gasteiger partial charge in [0.25, 0.3) is 0 Å². The number of carbonyl (C=O) groups is 2. The lowest BCUT2D eigenvalue weighted by atomic mass is 9.98. The Labute approximate surface area is 264 Å². The van der Waals surface area contributed by atoms with Crippen molar-refractivity contribution in [1.82, 2.24) is 4.57 Å². The van der Waals surface area contributed by atoms with Gasteiger partial charge in [-0.25, -0.2) is 4.79 Å². The van der Waals surface area contributed by atoms with E-state index in [-0.39, 0.29) is 30.8 Å². The second kappa shape index (κ2) is 13.9. The van der Waals surface area contributed by atoms with E-state index < -0.39 is 49.5 Å². The number of pyridine rings is 1. The highest BCUT2D eigenvalue weighted by atomic mass is 31.2. The van der Waals surface area contributed by atoms with Gasteiger partial charge < -0.3 is 28.6 Å². The van der Waals surface area contributed by atoms with Gasteiger partial charge in [-0.2, -0.15) is 0 Å². The summed E-state index contributed by atoms with van der Waals surface area (Å²) in [4.78, 5) is 37.9. The van der Waals surface area contributed by atoms with Gasteiger partial charge in [-0.1, -0.05) is 55.5 Å². The Kier molecular flexibility index (Phi) is 10.1. The topological polar surface area (TPSA) is 113 Å². The maximum atomic E-state index is 12.7. The third-order valence-corrected chi connectivity index (χ3v) is 10.1. The summed E-state index contributed by atoms with van der Waals surface area (Å²) in [6, 6.07) is 17.4. The summed E-state index contributed by atoms with van der Waals surface area (Å²) in [6.07, 6.45) is 6.13. The van der Waals surface area contributed by atoms with E-state index >= 15 is 0 Å². The van der Waals surface area contributed by atoms with Crippen molar-refractivity contribution in [2.45, 2.75) is 56.6 Å². The number of aliphatic hydroxyl groups excluding tert-OH is 1. The lowest BCUT2D eigenvalue weighted by molar-refractivity contribution is -0.144. The van der Waals surface area contributed by atoms with Gasteiger partial charge in [0.1, 0.15) is 18.8 Å². The highest BCUT2D eigenvalue weighted by Gasteiger charge is 2.44. The summed E-state index contributed by atoms with van der Waals surface area (Å²) in [7, 11) is 1.53. The molecule has 2 heterocycles. The van der Waals surface area contributed by atoms with E-state index in [1.165, 1.54) is 13.2 Å². The van der Waals surface area contributed by atoms with Crippen LogP contribution in [0.1, 0.15) is 48.6 Å². The predicted octanol–water partition coefficient (Wildman–Crippen LogP) is 5.28. The standard InChI is InChI=1S/C35H42NO8P/c1-22(34(39)44-35(40)42-21-28-26-12-8-6-10-24(26)25-11-7-9-13-27(25)28)14-15-23-20-36(18-16-29(23)37)33-32(41-2)31(38)30(43-33)17-19-45(3,4)5/h6-13,16,18,20,22,28,30-33,38H,3,14-15,17,19,21H2,1-2,4-5H3/t22?,30-,31-,32-,33-/m1/s1. The quantitative estimate of drug-likeness (QED) is 0.172. The average Bonchev–Trinajstić information content (AvgIpc) is 3.51. The van der Waals surface area contributed by atoms with Crippen LogP contribution in [0, 0.1) is 5.92 Å². The molecule has 5 atom stereocenters. The Morgan fingerprint density at radius 3 is 2.33 bits per heavy atom. The van der Waals surface area contributed by atoms with Crippen molar-refractivity contribution in [2.75, 3.05) is 33.2 Å². The number of nitrogens with zero attached hydrogens (tertiary/aromatic N) is 1. The molecule has 10 heteroatoms. The smallest absolute Gasteiger partial charge is 0.433 e. The number of hydrogen-bond donors (Lipinski definition) is 1. The summed E-state index contributed by atoms with van der Waals surface area (Å²) in [5, 5.41) is 10.9. The first kappa shape index (κ1) is 32.9. The molecule has 3 aromatic rings. The first-order valence-electron chi connectivity index (χ1n) is 15.3. The molecular weight excluding hydrogens is 593 g/mol. The summed E-state index contributed by atoms with van der Waals surface area (Å²) < 4.78 is 24.0. The molecule has 2 aromatic carbocycles. The van der Waals surface area contributed by atoms with Crippen LogP contribution in [0.15, 0.2) is 71.8 Å². The lowest BCUT2D eigenvalue weighted by Gasteiger charge is -2.22. The fraction of sp³-hybridized carbons (Fsp3) is 0.429.